The third-order valence-corrected chi connectivity index (χ3v) is 4.79. The number of aryl methyl sites for hydroxylation is 1. The molecule has 1 aromatic heterocycles. The third kappa shape index (κ3) is 2.97. The van der Waals surface area contributed by atoms with Gasteiger partial charge in [-0.15, -0.1) is 0 Å². The predicted octanol–water partition coefficient (Wildman–Crippen LogP) is 4.26. The molecule has 4 rings (SSSR count). The summed E-state index contributed by atoms with van der Waals surface area (Å²) in [7, 11) is 0. The van der Waals surface area contributed by atoms with E-state index in [0.717, 1.165) is 0 Å². The summed E-state index contributed by atoms with van der Waals surface area (Å²) in [5, 5.41) is 15.3. The standard InChI is InChI=1S/C21H15ClN2O4/c1-12-11-16(23-28-12)24-18(13-7-9-15(22)10-8-13)17(20(26)21(24)27)19(25)14-5-3-2-4-6-14/h2-11,18,25H,1H3/b19-17+/t18-/m1/s1. The van der Waals surface area contributed by atoms with E-state index in [1.807, 2.05) is 0 Å². The van der Waals surface area contributed by atoms with Gasteiger partial charge >= 0.3 is 5.91 Å². The zero-order valence-corrected chi connectivity index (χ0v) is 15.6. The van der Waals surface area contributed by atoms with E-state index in [1.165, 1.54) is 4.90 Å². The van der Waals surface area contributed by atoms with Gasteiger partial charge in [0.2, 0.25) is 0 Å². The quantitative estimate of drug-likeness (QED) is 0.407. The second-order valence-electron chi connectivity index (χ2n) is 6.38. The molecule has 140 valence electrons. The molecule has 7 heteroatoms. The topological polar surface area (TPSA) is 83.6 Å². The summed E-state index contributed by atoms with van der Waals surface area (Å²) < 4.78 is 5.09. The first kappa shape index (κ1) is 18.0. The summed E-state index contributed by atoms with van der Waals surface area (Å²) in [6, 6.07) is 16.1. The molecule has 1 aliphatic heterocycles. The number of ketones is 1. The van der Waals surface area contributed by atoms with Crippen LogP contribution >= 0.6 is 11.6 Å². The van der Waals surface area contributed by atoms with Crippen molar-refractivity contribution in [3.05, 3.63) is 88.1 Å². The Morgan fingerprint density at radius 2 is 1.79 bits per heavy atom. The maximum absolute atomic E-state index is 12.9. The van der Waals surface area contributed by atoms with Crippen LogP contribution in [0.15, 0.2) is 70.8 Å². The lowest BCUT2D eigenvalue weighted by Gasteiger charge is -2.22. The molecule has 0 radical (unpaired) electrons. The molecule has 1 amide bonds. The number of amides is 1. The Bertz CT molecular complexity index is 1090. The van der Waals surface area contributed by atoms with Crippen molar-refractivity contribution in [1.82, 2.24) is 5.16 Å². The Hall–Kier alpha value is -3.38. The van der Waals surface area contributed by atoms with E-state index < -0.39 is 17.7 Å². The smallest absolute Gasteiger partial charge is 0.301 e. The first-order valence-corrected chi connectivity index (χ1v) is 8.90. The highest BCUT2D eigenvalue weighted by molar-refractivity contribution is 6.51. The highest BCUT2D eigenvalue weighted by atomic mass is 35.5. The average molecular weight is 395 g/mol. The number of benzene rings is 2. The SMILES string of the molecule is Cc1cc(N2C(=O)C(=O)/C(=C(/O)c3ccccc3)[C@H]2c2ccc(Cl)cc2)no1. The maximum atomic E-state index is 12.9. The van der Waals surface area contributed by atoms with E-state index in [-0.39, 0.29) is 17.2 Å². The number of hydrogen-bond donors (Lipinski definition) is 1. The van der Waals surface area contributed by atoms with Gasteiger partial charge in [0.1, 0.15) is 11.5 Å². The van der Waals surface area contributed by atoms with Gasteiger partial charge in [-0.25, -0.2) is 0 Å². The number of Topliss-reactive ketones (excluding diaryl/α,β-unsaturated/α-hetero) is 1. The van der Waals surface area contributed by atoms with Crippen molar-refractivity contribution in [1.29, 1.82) is 0 Å². The minimum atomic E-state index is -0.859. The number of anilines is 1. The van der Waals surface area contributed by atoms with Crippen molar-refractivity contribution in [3.63, 3.8) is 0 Å². The zero-order chi connectivity index (χ0) is 19.8. The number of rotatable bonds is 3. The monoisotopic (exact) mass is 394 g/mol. The van der Waals surface area contributed by atoms with Gasteiger partial charge in [-0.1, -0.05) is 59.2 Å². The van der Waals surface area contributed by atoms with Crippen molar-refractivity contribution in [2.75, 3.05) is 4.90 Å². The first-order valence-electron chi connectivity index (χ1n) is 8.52. The molecule has 1 N–H and O–H groups in total. The van der Waals surface area contributed by atoms with Crippen molar-refractivity contribution in [2.24, 2.45) is 0 Å². The highest BCUT2D eigenvalue weighted by Crippen LogP contribution is 2.42. The zero-order valence-electron chi connectivity index (χ0n) is 14.8. The normalized spacial score (nSPS) is 18.6. The van der Waals surface area contributed by atoms with Gasteiger partial charge in [0.05, 0.1) is 11.6 Å². The summed E-state index contributed by atoms with van der Waals surface area (Å²) in [5.41, 5.74) is 1.04. The van der Waals surface area contributed by atoms with Crippen LogP contribution in [-0.2, 0) is 9.59 Å². The molecular weight excluding hydrogens is 380 g/mol. The molecule has 3 aromatic rings. The molecular formula is C21H15ClN2O4. The Morgan fingerprint density at radius 3 is 2.39 bits per heavy atom. The molecule has 1 saturated heterocycles. The van der Waals surface area contributed by atoms with E-state index in [2.05, 4.69) is 5.16 Å². The molecule has 6 nitrogen and oxygen atoms in total. The highest BCUT2D eigenvalue weighted by Gasteiger charge is 2.48. The van der Waals surface area contributed by atoms with Gasteiger partial charge in [-0.2, -0.15) is 0 Å². The van der Waals surface area contributed by atoms with Gasteiger partial charge < -0.3 is 9.63 Å². The number of aliphatic hydroxyl groups excluding tert-OH is 1. The number of halogens is 1. The molecule has 1 fully saturated rings. The molecule has 0 spiro atoms. The van der Waals surface area contributed by atoms with Gasteiger partial charge in [0.15, 0.2) is 5.82 Å². The van der Waals surface area contributed by atoms with E-state index in [9.17, 15) is 14.7 Å². The van der Waals surface area contributed by atoms with E-state index in [0.29, 0.717) is 21.9 Å². The van der Waals surface area contributed by atoms with Crippen LogP contribution in [0.2, 0.25) is 5.02 Å². The number of hydrogen-bond acceptors (Lipinski definition) is 5. The molecule has 1 aliphatic rings. The molecule has 28 heavy (non-hydrogen) atoms. The maximum Gasteiger partial charge on any atom is 0.301 e. The summed E-state index contributed by atoms with van der Waals surface area (Å²) >= 11 is 5.99. The van der Waals surface area contributed by atoms with Gasteiger partial charge in [0, 0.05) is 16.7 Å². The van der Waals surface area contributed by atoms with Crippen LogP contribution in [0.1, 0.15) is 22.9 Å². The van der Waals surface area contributed by atoms with Crippen LogP contribution in [0.4, 0.5) is 5.82 Å². The van der Waals surface area contributed by atoms with Crippen molar-refractivity contribution in [3.8, 4) is 0 Å². The average Bonchev–Trinajstić information content (AvgIpc) is 3.24. The van der Waals surface area contributed by atoms with Crippen LogP contribution in [0.25, 0.3) is 5.76 Å². The largest absolute Gasteiger partial charge is 0.507 e. The van der Waals surface area contributed by atoms with Gasteiger partial charge in [-0.3, -0.25) is 14.5 Å². The van der Waals surface area contributed by atoms with Crippen LogP contribution in [0.5, 0.6) is 0 Å². The van der Waals surface area contributed by atoms with Crippen LogP contribution < -0.4 is 4.90 Å². The minimum absolute atomic E-state index is 0.0147. The molecule has 0 unspecified atom stereocenters. The Labute approximate surface area is 165 Å². The molecule has 2 aromatic carbocycles. The Kier molecular flexibility index (Phi) is 4.49. The molecule has 0 bridgehead atoms. The molecule has 2 heterocycles. The van der Waals surface area contributed by atoms with Crippen LogP contribution in [0, 0.1) is 6.92 Å². The molecule has 0 saturated carbocycles. The fourth-order valence-electron chi connectivity index (χ4n) is 3.25. The Balaban J connectivity index is 1.94. The summed E-state index contributed by atoms with van der Waals surface area (Å²) in [6.45, 7) is 1.69. The lowest BCUT2D eigenvalue weighted by atomic mass is 9.95. The number of carbonyl (C=O) groups is 2. The van der Waals surface area contributed by atoms with Crippen molar-refractivity contribution < 1.29 is 19.2 Å². The van der Waals surface area contributed by atoms with Crippen LogP contribution in [0.3, 0.4) is 0 Å². The lowest BCUT2D eigenvalue weighted by molar-refractivity contribution is -0.132. The summed E-state index contributed by atoms with van der Waals surface area (Å²) in [4.78, 5) is 26.9. The third-order valence-electron chi connectivity index (χ3n) is 4.54. The number of nitrogens with zero attached hydrogens (tertiary/aromatic N) is 2. The Morgan fingerprint density at radius 1 is 1.11 bits per heavy atom. The lowest BCUT2D eigenvalue weighted by Crippen LogP contribution is -2.29. The second-order valence-corrected chi connectivity index (χ2v) is 6.82. The van der Waals surface area contributed by atoms with Crippen molar-refractivity contribution >= 4 is 34.9 Å². The minimum Gasteiger partial charge on any atom is -0.507 e. The number of aromatic nitrogens is 1. The molecule has 1 atom stereocenters. The first-order chi connectivity index (χ1) is 13.5. The summed E-state index contributed by atoms with van der Waals surface area (Å²) in [5.74, 6) is -1.13. The summed E-state index contributed by atoms with van der Waals surface area (Å²) in [6.07, 6.45) is 0. The predicted molar refractivity (Wildman–Crippen MR) is 104 cm³/mol. The second kappa shape index (κ2) is 6.98. The molecule has 0 aliphatic carbocycles. The van der Waals surface area contributed by atoms with Gasteiger partial charge in [-0.05, 0) is 24.6 Å². The van der Waals surface area contributed by atoms with Crippen LogP contribution in [-0.4, -0.2) is 22.0 Å². The fourth-order valence-corrected chi connectivity index (χ4v) is 3.37. The van der Waals surface area contributed by atoms with Crippen molar-refractivity contribution in [2.45, 2.75) is 13.0 Å². The van der Waals surface area contributed by atoms with E-state index >= 15 is 0 Å². The van der Waals surface area contributed by atoms with E-state index in [4.69, 9.17) is 16.1 Å². The number of aliphatic hydroxyl groups is 1. The van der Waals surface area contributed by atoms with Gasteiger partial charge in [0.25, 0.3) is 5.78 Å². The van der Waals surface area contributed by atoms with E-state index in [1.54, 1.807) is 67.6 Å². The number of carbonyl (C=O) groups excluding carboxylic acids is 2. The fraction of sp³-hybridized carbons (Fsp3) is 0.0952.